The molecule has 8 heteroatoms. The molecule has 1 aliphatic carbocycles. The first kappa shape index (κ1) is 20.4. The fourth-order valence-electron chi connectivity index (χ4n) is 3.64. The Bertz CT molecular complexity index is 844. The van der Waals surface area contributed by atoms with Gasteiger partial charge in [-0.05, 0) is 57.8 Å². The quantitative estimate of drug-likeness (QED) is 0.734. The molecule has 0 atom stereocenters. The Hall–Kier alpha value is -2.35. The molecule has 0 unspecified atom stereocenters. The van der Waals surface area contributed by atoms with Crippen LogP contribution in [0.2, 0.25) is 0 Å². The molecule has 0 spiro atoms. The third-order valence-electron chi connectivity index (χ3n) is 4.94. The summed E-state index contributed by atoms with van der Waals surface area (Å²) in [5, 5.41) is 7.37. The van der Waals surface area contributed by atoms with Gasteiger partial charge in [-0.15, -0.1) is 0 Å². The summed E-state index contributed by atoms with van der Waals surface area (Å²) in [6, 6.07) is 7.91. The molecule has 0 bridgehead atoms. The van der Waals surface area contributed by atoms with Gasteiger partial charge in [-0.3, -0.25) is 9.69 Å². The summed E-state index contributed by atoms with van der Waals surface area (Å²) in [6.07, 6.45) is -1.08. The molecule has 1 amide bonds. The second-order valence-corrected chi connectivity index (χ2v) is 7.29. The molecule has 0 fully saturated rings. The zero-order chi connectivity index (χ0) is 20.3. The van der Waals surface area contributed by atoms with Crippen molar-refractivity contribution < 1.29 is 18.0 Å². The van der Waals surface area contributed by atoms with Crippen LogP contribution in [0.25, 0.3) is 5.69 Å². The largest absolute Gasteiger partial charge is 0.401 e. The number of halogens is 3. The average molecular weight is 394 g/mol. The van der Waals surface area contributed by atoms with Gasteiger partial charge < -0.3 is 5.32 Å². The lowest BCUT2D eigenvalue weighted by atomic mass is 10.2. The van der Waals surface area contributed by atoms with E-state index < -0.39 is 12.7 Å². The Morgan fingerprint density at radius 1 is 1.29 bits per heavy atom. The summed E-state index contributed by atoms with van der Waals surface area (Å²) in [5.74, 6) is -0.260. The monoisotopic (exact) mass is 394 g/mol. The van der Waals surface area contributed by atoms with Gasteiger partial charge in [0.1, 0.15) is 0 Å². The minimum absolute atomic E-state index is 0.259. The smallest absolute Gasteiger partial charge is 0.351 e. The minimum atomic E-state index is -4.21. The van der Waals surface area contributed by atoms with E-state index in [-0.39, 0.29) is 12.5 Å². The van der Waals surface area contributed by atoms with Gasteiger partial charge in [0.15, 0.2) is 5.69 Å². The van der Waals surface area contributed by atoms with Gasteiger partial charge in [-0.1, -0.05) is 18.2 Å². The van der Waals surface area contributed by atoms with Crippen LogP contribution in [0.5, 0.6) is 0 Å². The second kappa shape index (κ2) is 8.34. The van der Waals surface area contributed by atoms with E-state index in [0.29, 0.717) is 18.7 Å². The van der Waals surface area contributed by atoms with Crippen molar-refractivity contribution >= 4 is 5.91 Å². The molecular weight excluding hydrogens is 369 g/mol. The first-order chi connectivity index (χ1) is 13.3. The molecule has 5 nitrogen and oxygen atoms in total. The fourth-order valence-corrected chi connectivity index (χ4v) is 3.64. The van der Waals surface area contributed by atoms with Gasteiger partial charge in [0.2, 0.25) is 0 Å². The summed E-state index contributed by atoms with van der Waals surface area (Å²) >= 11 is 0. The van der Waals surface area contributed by atoms with Crippen molar-refractivity contribution in [1.82, 2.24) is 20.0 Å². The van der Waals surface area contributed by atoms with E-state index in [0.717, 1.165) is 41.8 Å². The van der Waals surface area contributed by atoms with Crippen LogP contribution in [0, 0.1) is 6.92 Å². The Morgan fingerprint density at radius 3 is 2.75 bits per heavy atom. The number of alkyl halides is 3. The van der Waals surface area contributed by atoms with Crippen molar-refractivity contribution in [2.45, 2.75) is 38.8 Å². The second-order valence-electron chi connectivity index (χ2n) is 7.29. The predicted molar refractivity (Wildman–Crippen MR) is 101 cm³/mol. The third kappa shape index (κ3) is 4.73. The van der Waals surface area contributed by atoms with Crippen LogP contribution in [0.15, 0.2) is 24.3 Å². The van der Waals surface area contributed by atoms with Crippen molar-refractivity contribution in [3.05, 3.63) is 46.8 Å². The van der Waals surface area contributed by atoms with E-state index in [1.165, 1.54) is 11.9 Å². The highest BCUT2D eigenvalue weighted by atomic mass is 19.4. The maximum atomic E-state index is 12.6. The van der Waals surface area contributed by atoms with Gasteiger partial charge in [-0.25, -0.2) is 4.68 Å². The number of hydrogen-bond acceptors (Lipinski definition) is 3. The summed E-state index contributed by atoms with van der Waals surface area (Å²) in [7, 11) is 1.42. The van der Waals surface area contributed by atoms with E-state index in [9.17, 15) is 18.0 Å². The van der Waals surface area contributed by atoms with Crippen molar-refractivity contribution in [3.8, 4) is 5.69 Å². The lowest BCUT2D eigenvalue weighted by molar-refractivity contribution is -0.143. The van der Waals surface area contributed by atoms with Crippen molar-refractivity contribution in [2.75, 3.05) is 26.7 Å². The van der Waals surface area contributed by atoms with Crippen LogP contribution in [0.4, 0.5) is 13.2 Å². The Kier molecular flexibility index (Phi) is 6.07. The van der Waals surface area contributed by atoms with Gasteiger partial charge >= 0.3 is 6.18 Å². The van der Waals surface area contributed by atoms with Crippen LogP contribution in [-0.2, 0) is 12.8 Å². The number of carbonyl (C=O) groups is 1. The number of carbonyl (C=O) groups excluding carboxylic acids is 1. The van der Waals surface area contributed by atoms with E-state index in [1.807, 2.05) is 35.9 Å². The molecule has 0 radical (unpaired) electrons. The average Bonchev–Trinajstić information content (AvgIpc) is 3.20. The molecule has 1 aliphatic rings. The molecule has 3 rings (SSSR count). The highest BCUT2D eigenvalue weighted by molar-refractivity contribution is 5.94. The number of aryl methyl sites for hydroxylation is 1. The maximum Gasteiger partial charge on any atom is 0.401 e. The number of para-hydroxylation sites is 1. The van der Waals surface area contributed by atoms with E-state index in [1.54, 1.807) is 0 Å². The lowest BCUT2D eigenvalue weighted by Crippen LogP contribution is -2.34. The molecular formula is C20H25F3N4O. The number of rotatable bonds is 7. The SMILES string of the molecule is Cc1ccccc1-n1nc(C(=O)NCCCN(C)CC(F)(F)F)c2c1CCC2. The summed E-state index contributed by atoms with van der Waals surface area (Å²) in [5.41, 5.74) is 4.53. The van der Waals surface area contributed by atoms with E-state index in [2.05, 4.69) is 10.4 Å². The zero-order valence-corrected chi connectivity index (χ0v) is 16.1. The normalized spacial score (nSPS) is 13.8. The van der Waals surface area contributed by atoms with E-state index >= 15 is 0 Å². The molecule has 1 N–H and O–H groups in total. The highest BCUT2D eigenvalue weighted by Gasteiger charge is 2.29. The molecule has 2 aromatic rings. The van der Waals surface area contributed by atoms with Gasteiger partial charge in [0.25, 0.3) is 5.91 Å². The summed E-state index contributed by atoms with van der Waals surface area (Å²) < 4.78 is 38.9. The molecule has 152 valence electrons. The topological polar surface area (TPSA) is 50.2 Å². The first-order valence-corrected chi connectivity index (χ1v) is 9.46. The Balaban J connectivity index is 1.64. The zero-order valence-electron chi connectivity index (χ0n) is 16.1. The molecule has 1 aromatic carbocycles. The molecule has 1 aromatic heterocycles. The predicted octanol–water partition coefficient (Wildman–Crippen LogP) is 3.28. The van der Waals surface area contributed by atoms with Crippen LogP contribution >= 0.6 is 0 Å². The molecule has 1 heterocycles. The number of fused-ring (bicyclic) bond motifs is 1. The first-order valence-electron chi connectivity index (χ1n) is 9.46. The Morgan fingerprint density at radius 2 is 2.04 bits per heavy atom. The number of benzene rings is 1. The Labute approximate surface area is 162 Å². The minimum Gasteiger partial charge on any atom is -0.351 e. The van der Waals surface area contributed by atoms with Crippen molar-refractivity contribution in [3.63, 3.8) is 0 Å². The highest BCUT2D eigenvalue weighted by Crippen LogP contribution is 2.28. The van der Waals surface area contributed by atoms with Crippen LogP contribution in [0.1, 0.15) is 40.2 Å². The van der Waals surface area contributed by atoms with Gasteiger partial charge in [-0.2, -0.15) is 18.3 Å². The van der Waals surface area contributed by atoms with Gasteiger partial charge in [0.05, 0.1) is 12.2 Å². The maximum absolute atomic E-state index is 12.6. The van der Waals surface area contributed by atoms with Gasteiger partial charge in [0, 0.05) is 17.8 Å². The molecule has 0 saturated carbocycles. The van der Waals surface area contributed by atoms with Crippen molar-refractivity contribution in [2.24, 2.45) is 0 Å². The number of hydrogen-bond donors (Lipinski definition) is 1. The molecule has 28 heavy (non-hydrogen) atoms. The van der Waals surface area contributed by atoms with E-state index in [4.69, 9.17) is 0 Å². The number of nitrogens with one attached hydrogen (secondary N) is 1. The summed E-state index contributed by atoms with van der Waals surface area (Å²) in [6.45, 7) is 1.63. The van der Waals surface area contributed by atoms with Crippen LogP contribution < -0.4 is 5.32 Å². The fraction of sp³-hybridized carbons (Fsp3) is 0.500. The van der Waals surface area contributed by atoms with Crippen LogP contribution in [-0.4, -0.2) is 53.4 Å². The standard InChI is InChI=1S/C20H25F3N4O/c1-14-7-3-4-9-16(14)27-17-10-5-8-15(17)18(25-27)19(28)24-11-6-12-26(2)13-20(21,22)23/h3-4,7,9H,5-6,8,10-13H2,1-2H3,(H,24,28). The van der Waals surface area contributed by atoms with Crippen molar-refractivity contribution in [1.29, 1.82) is 0 Å². The number of amides is 1. The summed E-state index contributed by atoms with van der Waals surface area (Å²) in [4.78, 5) is 13.8. The van der Waals surface area contributed by atoms with Crippen LogP contribution in [0.3, 0.4) is 0 Å². The number of nitrogens with zero attached hydrogens (tertiary/aromatic N) is 3. The molecule has 0 aliphatic heterocycles. The number of aromatic nitrogens is 2. The third-order valence-corrected chi connectivity index (χ3v) is 4.94. The lowest BCUT2D eigenvalue weighted by Gasteiger charge is -2.18. The molecule has 0 saturated heterocycles.